The van der Waals surface area contributed by atoms with Gasteiger partial charge in [-0.3, -0.25) is 0 Å². The molecule has 0 bridgehead atoms. The van der Waals surface area contributed by atoms with Gasteiger partial charge in [0.15, 0.2) is 0 Å². The summed E-state index contributed by atoms with van der Waals surface area (Å²) in [7, 11) is 3.65. The van der Waals surface area contributed by atoms with Crippen molar-refractivity contribution in [1.82, 2.24) is 0 Å². The van der Waals surface area contributed by atoms with E-state index in [2.05, 4.69) is 4.90 Å². The minimum atomic E-state index is -0.897. The summed E-state index contributed by atoms with van der Waals surface area (Å²) in [6.45, 7) is 2.64. The molecule has 0 aromatic heterocycles. The molecule has 0 spiro atoms. The zero-order valence-corrected chi connectivity index (χ0v) is 12.5. The van der Waals surface area contributed by atoms with Crippen LogP contribution in [0.4, 0.5) is 5.69 Å². The Morgan fingerprint density at radius 3 is 2.62 bits per heavy atom. The number of ether oxygens (including phenoxy) is 1. The Kier molecular flexibility index (Phi) is 4.48. The maximum Gasteiger partial charge on any atom is 0.335 e. The van der Waals surface area contributed by atoms with Gasteiger partial charge >= 0.3 is 5.97 Å². The van der Waals surface area contributed by atoms with E-state index in [9.17, 15) is 4.79 Å². The zero-order valence-electron chi connectivity index (χ0n) is 12.5. The fourth-order valence-electron chi connectivity index (χ4n) is 2.20. The summed E-state index contributed by atoms with van der Waals surface area (Å²) in [5.41, 5.74) is 3.45. The monoisotopic (exact) mass is 285 g/mol. The Balaban J connectivity index is 2.19. The third-order valence-corrected chi connectivity index (χ3v) is 3.49. The third-order valence-electron chi connectivity index (χ3n) is 3.49. The number of hydrogen-bond acceptors (Lipinski definition) is 3. The molecular formula is C17H19NO3. The topological polar surface area (TPSA) is 49.8 Å². The fourth-order valence-corrected chi connectivity index (χ4v) is 2.20. The van der Waals surface area contributed by atoms with Gasteiger partial charge in [-0.15, -0.1) is 0 Å². The van der Waals surface area contributed by atoms with Crippen molar-refractivity contribution in [1.29, 1.82) is 0 Å². The van der Waals surface area contributed by atoms with Gasteiger partial charge in [-0.1, -0.05) is 12.1 Å². The quantitative estimate of drug-likeness (QED) is 0.915. The van der Waals surface area contributed by atoms with Crippen molar-refractivity contribution < 1.29 is 14.6 Å². The van der Waals surface area contributed by atoms with E-state index in [1.807, 2.05) is 44.3 Å². The zero-order chi connectivity index (χ0) is 15.4. The molecule has 0 fully saturated rings. The van der Waals surface area contributed by atoms with Gasteiger partial charge in [-0.2, -0.15) is 0 Å². The van der Waals surface area contributed by atoms with Crippen molar-refractivity contribution in [3.63, 3.8) is 0 Å². The van der Waals surface area contributed by atoms with Crippen LogP contribution in [0, 0.1) is 6.92 Å². The maximum atomic E-state index is 11.0. The van der Waals surface area contributed by atoms with Gasteiger partial charge in [0, 0.05) is 25.3 Å². The van der Waals surface area contributed by atoms with Crippen molar-refractivity contribution in [3.05, 3.63) is 59.2 Å². The molecule has 4 heteroatoms. The first kappa shape index (κ1) is 14.9. The van der Waals surface area contributed by atoms with Crippen molar-refractivity contribution in [3.8, 4) is 5.75 Å². The van der Waals surface area contributed by atoms with Gasteiger partial charge in [0.2, 0.25) is 0 Å². The molecule has 2 aromatic rings. The van der Waals surface area contributed by atoms with E-state index >= 15 is 0 Å². The van der Waals surface area contributed by atoms with Crippen LogP contribution in [0.2, 0.25) is 0 Å². The van der Waals surface area contributed by atoms with Gasteiger partial charge in [-0.25, -0.2) is 4.79 Å². The number of carboxylic acid groups (broad SMARTS) is 1. The van der Waals surface area contributed by atoms with Crippen LogP contribution in [-0.2, 0) is 6.54 Å². The molecule has 4 nitrogen and oxygen atoms in total. The van der Waals surface area contributed by atoms with E-state index in [4.69, 9.17) is 9.84 Å². The molecule has 1 N–H and O–H groups in total. The Labute approximate surface area is 124 Å². The van der Waals surface area contributed by atoms with E-state index < -0.39 is 5.97 Å². The first-order valence-electron chi connectivity index (χ1n) is 6.69. The highest BCUT2D eigenvalue weighted by molar-refractivity contribution is 5.87. The normalized spacial score (nSPS) is 10.2. The van der Waals surface area contributed by atoms with E-state index in [1.54, 1.807) is 19.2 Å². The molecule has 0 unspecified atom stereocenters. The average Bonchev–Trinajstić information content (AvgIpc) is 2.49. The second kappa shape index (κ2) is 6.31. The number of anilines is 1. The first-order valence-corrected chi connectivity index (χ1v) is 6.69. The first-order chi connectivity index (χ1) is 10.0. The number of hydrogen-bond donors (Lipinski definition) is 1. The van der Waals surface area contributed by atoms with Gasteiger partial charge in [0.05, 0.1) is 12.7 Å². The standard InChI is InChI=1S/C17H19NO3/c1-12-9-13(17(19)20)7-8-14(12)11-18(2)15-5-4-6-16(10-15)21-3/h4-10H,11H2,1-3H3,(H,19,20). The summed E-state index contributed by atoms with van der Waals surface area (Å²) in [6, 6.07) is 13.1. The molecule has 0 aliphatic heterocycles. The number of carboxylic acids is 1. The molecule has 0 saturated heterocycles. The number of rotatable bonds is 5. The molecule has 110 valence electrons. The lowest BCUT2D eigenvalue weighted by molar-refractivity contribution is 0.0697. The van der Waals surface area contributed by atoms with Crippen LogP contribution in [-0.4, -0.2) is 25.2 Å². The van der Waals surface area contributed by atoms with Gasteiger partial charge < -0.3 is 14.7 Å². The van der Waals surface area contributed by atoms with Gasteiger partial charge in [0.25, 0.3) is 0 Å². The molecule has 0 aliphatic carbocycles. The largest absolute Gasteiger partial charge is 0.497 e. The summed E-state index contributed by atoms with van der Waals surface area (Å²) in [5, 5.41) is 8.99. The van der Waals surface area contributed by atoms with Gasteiger partial charge in [0.1, 0.15) is 5.75 Å². The molecule has 0 saturated carbocycles. The second-order valence-electron chi connectivity index (χ2n) is 5.00. The molecule has 0 radical (unpaired) electrons. The number of methoxy groups -OCH3 is 1. The van der Waals surface area contributed by atoms with Crippen molar-refractivity contribution in [2.45, 2.75) is 13.5 Å². The molecule has 2 rings (SSSR count). The molecule has 0 amide bonds. The van der Waals surface area contributed by atoms with Crippen molar-refractivity contribution in [2.24, 2.45) is 0 Å². The number of carbonyl (C=O) groups is 1. The minimum absolute atomic E-state index is 0.320. The summed E-state index contributed by atoms with van der Waals surface area (Å²) in [6.07, 6.45) is 0. The molecule has 0 heterocycles. The molecule has 0 atom stereocenters. The minimum Gasteiger partial charge on any atom is -0.497 e. The number of aromatic carboxylic acids is 1. The van der Waals surface area contributed by atoms with Gasteiger partial charge in [-0.05, 0) is 42.3 Å². The van der Waals surface area contributed by atoms with E-state index in [0.717, 1.165) is 22.6 Å². The average molecular weight is 285 g/mol. The van der Waals surface area contributed by atoms with Crippen LogP contribution >= 0.6 is 0 Å². The van der Waals surface area contributed by atoms with E-state index in [-0.39, 0.29) is 0 Å². The SMILES string of the molecule is COc1cccc(N(C)Cc2ccc(C(=O)O)cc2C)c1. The number of aryl methyl sites for hydroxylation is 1. The Morgan fingerprint density at radius 2 is 2.00 bits per heavy atom. The van der Waals surface area contributed by atoms with Crippen molar-refractivity contribution >= 4 is 11.7 Å². The van der Waals surface area contributed by atoms with Crippen molar-refractivity contribution in [2.75, 3.05) is 19.1 Å². The third kappa shape index (κ3) is 3.54. The summed E-state index contributed by atoms with van der Waals surface area (Å²) in [4.78, 5) is 13.1. The summed E-state index contributed by atoms with van der Waals surface area (Å²) in [5.74, 6) is -0.0805. The highest BCUT2D eigenvalue weighted by atomic mass is 16.5. The summed E-state index contributed by atoms with van der Waals surface area (Å²) < 4.78 is 5.23. The van der Waals surface area contributed by atoms with Crippen LogP contribution in [0.25, 0.3) is 0 Å². The predicted molar refractivity (Wildman–Crippen MR) is 83.2 cm³/mol. The molecular weight excluding hydrogens is 266 g/mol. The molecule has 21 heavy (non-hydrogen) atoms. The smallest absolute Gasteiger partial charge is 0.335 e. The van der Waals surface area contributed by atoms with Crippen LogP contribution in [0.1, 0.15) is 21.5 Å². The van der Waals surface area contributed by atoms with Crippen LogP contribution in [0.5, 0.6) is 5.75 Å². The van der Waals surface area contributed by atoms with Crippen LogP contribution < -0.4 is 9.64 Å². The van der Waals surface area contributed by atoms with E-state index in [0.29, 0.717) is 12.1 Å². The Hall–Kier alpha value is -2.49. The summed E-state index contributed by atoms with van der Waals surface area (Å²) >= 11 is 0. The highest BCUT2D eigenvalue weighted by Crippen LogP contribution is 2.22. The molecule has 2 aromatic carbocycles. The Morgan fingerprint density at radius 1 is 1.24 bits per heavy atom. The predicted octanol–water partition coefficient (Wildman–Crippen LogP) is 3.34. The van der Waals surface area contributed by atoms with E-state index in [1.165, 1.54) is 0 Å². The Bertz CT molecular complexity index is 652. The fraction of sp³-hybridized carbons (Fsp3) is 0.235. The number of nitrogens with zero attached hydrogens (tertiary/aromatic N) is 1. The number of benzene rings is 2. The highest BCUT2D eigenvalue weighted by Gasteiger charge is 2.08. The lowest BCUT2D eigenvalue weighted by Crippen LogP contribution is -2.17. The lowest BCUT2D eigenvalue weighted by atomic mass is 10.0. The molecule has 0 aliphatic rings. The van der Waals surface area contributed by atoms with Crippen LogP contribution in [0.15, 0.2) is 42.5 Å². The second-order valence-corrected chi connectivity index (χ2v) is 5.00. The van der Waals surface area contributed by atoms with Crippen LogP contribution in [0.3, 0.4) is 0 Å². The maximum absolute atomic E-state index is 11.0. The lowest BCUT2D eigenvalue weighted by Gasteiger charge is -2.21.